The van der Waals surface area contributed by atoms with Crippen molar-refractivity contribution in [2.75, 3.05) is 18.4 Å². The Bertz CT molecular complexity index is 499. The lowest BCUT2D eigenvalue weighted by Crippen LogP contribution is -2.44. The summed E-state index contributed by atoms with van der Waals surface area (Å²) in [6, 6.07) is 7.28. The van der Waals surface area contributed by atoms with E-state index >= 15 is 0 Å². The average Bonchev–Trinajstić information content (AvgIpc) is 2.46. The maximum absolute atomic E-state index is 11.9. The van der Waals surface area contributed by atoms with Gasteiger partial charge in [0, 0.05) is 18.2 Å². The summed E-state index contributed by atoms with van der Waals surface area (Å²) in [6.07, 6.45) is 2.42. The van der Waals surface area contributed by atoms with Crippen LogP contribution in [0, 0.1) is 0 Å². The number of aliphatic carboxylic acids is 1. The Morgan fingerprint density at radius 2 is 2.05 bits per heavy atom. The van der Waals surface area contributed by atoms with Gasteiger partial charge in [-0.05, 0) is 50.0 Å². The maximum Gasteiger partial charge on any atom is 0.319 e. The van der Waals surface area contributed by atoms with E-state index in [0.29, 0.717) is 12.1 Å². The molecule has 0 radical (unpaired) electrons. The fourth-order valence-corrected chi connectivity index (χ4v) is 2.37. The highest BCUT2D eigenvalue weighted by molar-refractivity contribution is 5.89. The van der Waals surface area contributed by atoms with E-state index in [2.05, 4.69) is 16.0 Å². The highest BCUT2D eigenvalue weighted by atomic mass is 16.4. The van der Waals surface area contributed by atoms with Crippen LogP contribution in [0.5, 0.6) is 0 Å². The molecule has 0 atom stereocenters. The number of hydrogen-bond donors (Lipinski definition) is 4. The number of carboxylic acids is 1. The van der Waals surface area contributed by atoms with Crippen molar-refractivity contribution in [3.63, 3.8) is 0 Å². The predicted molar refractivity (Wildman–Crippen MR) is 80.4 cm³/mol. The number of hydrogen-bond acceptors (Lipinski definition) is 3. The Kier molecular flexibility index (Phi) is 5.57. The molecule has 0 spiro atoms. The molecule has 0 aromatic heterocycles. The number of amides is 2. The van der Waals surface area contributed by atoms with E-state index in [1.165, 1.54) is 0 Å². The summed E-state index contributed by atoms with van der Waals surface area (Å²) in [5, 5.41) is 17.7. The molecule has 0 saturated carbocycles. The summed E-state index contributed by atoms with van der Waals surface area (Å²) < 4.78 is 0. The molecule has 0 aliphatic carbocycles. The van der Waals surface area contributed by atoms with Gasteiger partial charge in [-0.3, -0.25) is 4.79 Å². The molecule has 0 unspecified atom stereocenters. The largest absolute Gasteiger partial charge is 0.481 e. The zero-order valence-corrected chi connectivity index (χ0v) is 11.9. The van der Waals surface area contributed by atoms with Gasteiger partial charge >= 0.3 is 12.0 Å². The third-order valence-electron chi connectivity index (χ3n) is 3.49. The second kappa shape index (κ2) is 7.64. The first kappa shape index (κ1) is 15.3. The number of urea groups is 1. The van der Waals surface area contributed by atoms with Crippen molar-refractivity contribution >= 4 is 17.7 Å². The van der Waals surface area contributed by atoms with Crippen LogP contribution in [0.3, 0.4) is 0 Å². The Morgan fingerprint density at radius 3 is 2.76 bits per heavy atom. The summed E-state index contributed by atoms with van der Waals surface area (Å²) >= 11 is 0. The highest BCUT2D eigenvalue weighted by Gasteiger charge is 2.15. The van der Waals surface area contributed by atoms with Gasteiger partial charge in [-0.2, -0.15) is 0 Å². The van der Waals surface area contributed by atoms with Crippen LogP contribution in [0.25, 0.3) is 0 Å². The van der Waals surface area contributed by atoms with E-state index in [0.717, 1.165) is 31.5 Å². The van der Waals surface area contributed by atoms with Gasteiger partial charge in [0.05, 0.1) is 0 Å². The molecule has 1 heterocycles. The van der Waals surface area contributed by atoms with Crippen LogP contribution in [-0.4, -0.2) is 36.2 Å². The van der Waals surface area contributed by atoms with Crippen molar-refractivity contribution < 1.29 is 14.7 Å². The summed E-state index contributed by atoms with van der Waals surface area (Å²) in [7, 11) is 0. The number of carboxylic acid groups (broad SMARTS) is 1. The van der Waals surface area contributed by atoms with Gasteiger partial charge in [-0.15, -0.1) is 0 Å². The Hall–Kier alpha value is -2.08. The van der Waals surface area contributed by atoms with Gasteiger partial charge in [0.25, 0.3) is 0 Å². The third-order valence-corrected chi connectivity index (χ3v) is 3.49. The van der Waals surface area contributed by atoms with Crippen molar-refractivity contribution in [1.82, 2.24) is 10.6 Å². The number of anilines is 1. The standard InChI is InChI=1S/C15H21N3O3/c19-14(20)5-4-11-2-1-3-13(10-11)18-15(21)17-12-6-8-16-9-7-12/h1-3,10,12,16H,4-9H2,(H,19,20)(H2,17,18,21). The van der Waals surface area contributed by atoms with E-state index in [9.17, 15) is 9.59 Å². The van der Waals surface area contributed by atoms with Gasteiger partial charge in [-0.1, -0.05) is 12.1 Å². The van der Waals surface area contributed by atoms with E-state index in [1.807, 2.05) is 18.2 Å². The van der Waals surface area contributed by atoms with E-state index in [-0.39, 0.29) is 18.5 Å². The van der Waals surface area contributed by atoms with Crippen molar-refractivity contribution in [3.05, 3.63) is 29.8 Å². The SMILES string of the molecule is O=C(O)CCc1cccc(NC(=O)NC2CCNCC2)c1. The molecular weight excluding hydrogens is 270 g/mol. The predicted octanol–water partition coefficient (Wildman–Crippen LogP) is 1.58. The Morgan fingerprint density at radius 1 is 1.29 bits per heavy atom. The van der Waals surface area contributed by atoms with Crippen molar-refractivity contribution in [2.24, 2.45) is 0 Å². The van der Waals surface area contributed by atoms with Gasteiger partial charge < -0.3 is 21.1 Å². The van der Waals surface area contributed by atoms with E-state index < -0.39 is 5.97 Å². The zero-order valence-electron chi connectivity index (χ0n) is 11.9. The molecule has 1 aromatic rings. The van der Waals surface area contributed by atoms with Crippen LogP contribution >= 0.6 is 0 Å². The lowest BCUT2D eigenvalue weighted by Gasteiger charge is -2.23. The topological polar surface area (TPSA) is 90.5 Å². The van der Waals surface area contributed by atoms with Crippen LogP contribution in [-0.2, 0) is 11.2 Å². The molecule has 1 fully saturated rings. The normalized spacial score (nSPS) is 15.4. The molecular formula is C15H21N3O3. The molecule has 1 saturated heterocycles. The number of carbonyl (C=O) groups is 2. The molecule has 4 N–H and O–H groups in total. The maximum atomic E-state index is 11.9. The zero-order chi connectivity index (χ0) is 15.1. The molecule has 21 heavy (non-hydrogen) atoms. The summed E-state index contributed by atoms with van der Waals surface area (Å²) in [4.78, 5) is 22.5. The second-order valence-electron chi connectivity index (χ2n) is 5.22. The van der Waals surface area contributed by atoms with Gasteiger partial charge in [0.2, 0.25) is 0 Å². The molecule has 0 bridgehead atoms. The van der Waals surface area contributed by atoms with Crippen LogP contribution in [0.1, 0.15) is 24.8 Å². The first-order valence-electron chi connectivity index (χ1n) is 7.22. The molecule has 2 rings (SSSR count). The van der Waals surface area contributed by atoms with E-state index in [4.69, 9.17) is 5.11 Å². The van der Waals surface area contributed by atoms with Crippen LogP contribution in [0.2, 0.25) is 0 Å². The van der Waals surface area contributed by atoms with Gasteiger partial charge in [-0.25, -0.2) is 4.79 Å². The number of benzene rings is 1. The molecule has 6 heteroatoms. The van der Waals surface area contributed by atoms with Gasteiger partial charge in [0.15, 0.2) is 0 Å². The van der Waals surface area contributed by atoms with Crippen LogP contribution in [0.4, 0.5) is 10.5 Å². The molecule has 2 amide bonds. The van der Waals surface area contributed by atoms with Crippen molar-refractivity contribution in [2.45, 2.75) is 31.7 Å². The molecule has 6 nitrogen and oxygen atoms in total. The highest BCUT2D eigenvalue weighted by Crippen LogP contribution is 2.12. The number of nitrogens with one attached hydrogen (secondary N) is 3. The average molecular weight is 291 g/mol. The summed E-state index contributed by atoms with van der Waals surface area (Å²) in [6.45, 7) is 1.85. The Balaban J connectivity index is 1.85. The minimum atomic E-state index is -0.822. The fourth-order valence-electron chi connectivity index (χ4n) is 2.37. The number of aryl methyl sites for hydroxylation is 1. The van der Waals surface area contributed by atoms with E-state index in [1.54, 1.807) is 6.07 Å². The monoisotopic (exact) mass is 291 g/mol. The minimum absolute atomic E-state index is 0.0880. The number of carbonyl (C=O) groups excluding carboxylic acids is 1. The van der Waals surface area contributed by atoms with Crippen molar-refractivity contribution in [3.8, 4) is 0 Å². The van der Waals surface area contributed by atoms with Gasteiger partial charge in [0.1, 0.15) is 0 Å². The fraction of sp³-hybridized carbons (Fsp3) is 0.467. The third kappa shape index (κ3) is 5.43. The minimum Gasteiger partial charge on any atom is -0.481 e. The molecule has 114 valence electrons. The lowest BCUT2D eigenvalue weighted by molar-refractivity contribution is -0.136. The second-order valence-corrected chi connectivity index (χ2v) is 5.22. The molecule has 1 aromatic carbocycles. The number of rotatable bonds is 5. The van der Waals surface area contributed by atoms with Crippen LogP contribution < -0.4 is 16.0 Å². The lowest BCUT2D eigenvalue weighted by atomic mass is 10.1. The van der Waals surface area contributed by atoms with Crippen LogP contribution in [0.15, 0.2) is 24.3 Å². The number of piperidine rings is 1. The summed E-state index contributed by atoms with van der Waals surface area (Å²) in [5.41, 5.74) is 1.58. The quantitative estimate of drug-likeness (QED) is 0.663. The molecule has 1 aliphatic heterocycles. The molecule has 1 aliphatic rings. The first-order chi connectivity index (χ1) is 10.1. The van der Waals surface area contributed by atoms with Crippen molar-refractivity contribution in [1.29, 1.82) is 0 Å². The first-order valence-corrected chi connectivity index (χ1v) is 7.22. The summed E-state index contributed by atoms with van der Waals surface area (Å²) in [5.74, 6) is -0.822. The smallest absolute Gasteiger partial charge is 0.319 e. The Labute approximate surface area is 123 Å².